The van der Waals surface area contributed by atoms with Crippen LogP contribution >= 0.6 is 0 Å². The molecule has 0 spiro atoms. The lowest BCUT2D eigenvalue weighted by molar-refractivity contribution is -0.116. The number of urea groups is 1. The Bertz CT molecular complexity index is 1330. The van der Waals surface area contributed by atoms with Gasteiger partial charge in [-0.3, -0.25) is 9.69 Å². The summed E-state index contributed by atoms with van der Waals surface area (Å²) < 4.78 is 0. The number of carbonyl (C=O) groups is 3. The monoisotopic (exact) mass is 629 g/mol. The van der Waals surface area contributed by atoms with Crippen molar-refractivity contribution >= 4 is 35.0 Å². The van der Waals surface area contributed by atoms with Gasteiger partial charge in [-0.15, -0.1) is 0 Å². The molecule has 4 atom stereocenters. The maximum atomic E-state index is 13.2. The molecule has 1 saturated carbocycles. The van der Waals surface area contributed by atoms with Gasteiger partial charge in [0.1, 0.15) is 24.9 Å². The molecule has 0 bridgehead atoms. The summed E-state index contributed by atoms with van der Waals surface area (Å²) in [5, 5.41) is 65.2. The van der Waals surface area contributed by atoms with E-state index in [0.29, 0.717) is 5.69 Å². The number of fused-ring (bicyclic) bond motifs is 1. The number of anilines is 2. The summed E-state index contributed by atoms with van der Waals surface area (Å²) in [5.41, 5.74) is 2.97. The number of carboxylic acid groups (broad SMARTS) is 1. The van der Waals surface area contributed by atoms with Gasteiger partial charge in [0.15, 0.2) is 0 Å². The van der Waals surface area contributed by atoms with Crippen LogP contribution < -0.4 is 15.5 Å². The quantitative estimate of drug-likeness (QED) is 0.175. The Morgan fingerprint density at radius 2 is 1.64 bits per heavy atom. The molecule has 0 radical (unpaired) electrons. The molecule has 14 nitrogen and oxygen atoms in total. The number of nitrogens with zero attached hydrogens (tertiary/aromatic N) is 3. The molecular weight excluding hydrogens is 586 g/mol. The van der Waals surface area contributed by atoms with E-state index >= 15 is 0 Å². The summed E-state index contributed by atoms with van der Waals surface area (Å²) in [4.78, 5) is 38.6. The van der Waals surface area contributed by atoms with Crippen LogP contribution in [-0.4, -0.2) is 117 Å². The van der Waals surface area contributed by atoms with Crippen molar-refractivity contribution in [1.29, 1.82) is 0 Å². The van der Waals surface area contributed by atoms with Crippen LogP contribution in [0.5, 0.6) is 0 Å². The summed E-state index contributed by atoms with van der Waals surface area (Å²) in [6.45, 7) is -0.842. The van der Waals surface area contributed by atoms with E-state index in [9.17, 15) is 19.5 Å². The van der Waals surface area contributed by atoms with Crippen molar-refractivity contribution in [1.82, 2.24) is 10.3 Å². The Kier molecular flexibility index (Phi) is 13.4. The van der Waals surface area contributed by atoms with Crippen molar-refractivity contribution in [3.8, 4) is 0 Å². The van der Waals surface area contributed by atoms with Crippen LogP contribution in [0, 0.1) is 5.92 Å². The topological polar surface area (TPSA) is 215 Å². The van der Waals surface area contributed by atoms with E-state index < -0.39 is 48.9 Å². The molecule has 14 heteroatoms. The van der Waals surface area contributed by atoms with Crippen LogP contribution in [0.15, 0.2) is 53.6 Å². The minimum atomic E-state index is -1.55. The molecule has 1 heterocycles. The largest absolute Gasteiger partial charge is 0.478 e. The summed E-state index contributed by atoms with van der Waals surface area (Å²) in [6.07, 6.45) is -0.191. The first-order valence-corrected chi connectivity index (χ1v) is 14.8. The Hall–Kier alpha value is -3.92. The van der Waals surface area contributed by atoms with E-state index in [-0.39, 0.29) is 24.6 Å². The Morgan fingerprint density at radius 3 is 2.29 bits per heavy atom. The van der Waals surface area contributed by atoms with Crippen LogP contribution in [0.25, 0.3) is 0 Å². The van der Waals surface area contributed by atoms with Crippen LogP contribution in [0.2, 0.25) is 0 Å². The number of hydrogen-bond acceptors (Lipinski definition) is 10. The first-order chi connectivity index (χ1) is 21.5. The van der Waals surface area contributed by atoms with Crippen molar-refractivity contribution in [3.63, 3.8) is 0 Å². The van der Waals surface area contributed by atoms with E-state index in [1.54, 1.807) is 26.2 Å². The zero-order valence-corrected chi connectivity index (χ0v) is 25.4. The van der Waals surface area contributed by atoms with Gasteiger partial charge >= 0.3 is 12.0 Å². The van der Waals surface area contributed by atoms with Gasteiger partial charge in [0, 0.05) is 30.8 Å². The van der Waals surface area contributed by atoms with E-state index in [1.165, 1.54) is 28.5 Å². The highest BCUT2D eigenvalue weighted by Gasteiger charge is 2.32. The van der Waals surface area contributed by atoms with Crippen LogP contribution in [0.1, 0.15) is 48.0 Å². The zero-order chi connectivity index (χ0) is 33.1. The molecular formula is C31H43N5O9. The number of amides is 3. The highest BCUT2D eigenvalue weighted by molar-refractivity contribution is 6.12. The van der Waals surface area contributed by atoms with Gasteiger partial charge in [-0.05, 0) is 44.2 Å². The summed E-state index contributed by atoms with van der Waals surface area (Å²) in [5.74, 6) is -1.29. The van der Waals surface area contributed by atoms with Crippen LogP contribution in [-0.2, 0) is 4.79 Å². The molecule has 45 heavy (non-hydrogen) atoms. The number of benzene rings is 2. The van der Waals surface area contributed by atoms with E-state index in [4.69, 9.17) is 30.6 Å². The molecule has 0 unspecified atom stereocenters. The second kappa shape index (κ2) is 17.0. The van der Waals surface area contributed by atoms with Crippen molar-refractivity contribution in [3.05, 3.63) is 59.7 Å². The van der Waals surface area contributed by atoms with Crippen molar-refractivity contribution < 1.29 is 45.0 Å². The molecule has 0 aromatic heterocycles. The number of para-hydroxylation sites is 1. The van der Waals surface area contributed by atoms with Crippen molar-refractivity contribution in [2.24, 2.45) is 11.0 Å². The molecule has 1 fully saturated rings. The maximum Gasteiger partial charge on any atom is 0.345 e. The summed E-state index contributed by atoms with van der Waals surface area (Å²) >= 11 is 0. The molecule has 246 valence electrons. The number of likely N-dealkylation sites (N-methyl/N-ethyl adjacent to an activating group) is 1. The number of nitrogens with one attached hydrogen (secondary N) is 2. The normalized spacial score (nSPS) is 17.9. The van der Waals surface area contributed by atoms with Gasteiger partial charge in [-0.2, -0.15) is 5.10 Å². The highest BCUT2D eigenvalue weighted by atomic mass is 16.4. The molecule has 1 aliphatic heterocycles. The molecule has 0 saturated heterocycles. The molecule has 2 aliphatic rings. The predicted molar refractivity (Wildman–Crippen MR) is 167 cm³/mol. The number of aliphatic hydroxyl groups excluding tert-OH is 5. The Morgan fingerprint density at radius 1 is 0.978 bits per heavy atom. The van der Waals surface area contributed by atoms with E-state index in [0.717, 1.165) is 42.6 Å². The number of carboxylic acids is 1. The lowest BCUT2D eigenvalue weighted by atomic mass is 9.83. The van der Waals surface area contributed by atoms with Gasteiger partial charge < -0.3 is 41.3 Å². The fourth-order valence-corrected chi connectivity index (χ4v) is 5.23. The van der Waals surface area contributed by atoms with Crippen LogP contribution in [0.3, 0.4) is 0 Å². The number of hydrogen-bond donors (Lipinski definition) is 8. The average Bonchev–Trinajstić information content (AvgIpc) is 3.15. The van der Waals surface area contributed by atoms with Gasteiger partial charge in [0.05, 0.1) is 29.7 Å². The number of aliphatic hydroxyl groups is 5. The predicted octanol–water partition coefficient (Wildman–Crippen LogP) is 0.821. The van der Waals surface area contributed by atoms with Crippen LogP contribution in [0.4, 0.5) is 16.2 Å². The van der Waals surface area contributed by atoms with Gasteiger partial charge in [0.2, 0.25) is 5.91 Å². The highest BCUT2D eigenvalue weighted by Crippen LogP contribution is 2.33. The Balaban J connectivity index is 0.000000360. The Labute approximate surface area is 261 Å². The molecule has 2 aromatic rings. The number of rotatable bonds is 11. The van der Waals surface area contributed by atoms with Gasteiger partial charge in [-0.1, -0.05) is 43.5 Å². The first kappa shape index (κ1) is 35.6. The molecule has 1 aliphatic carbocycles. The molecule has 4 rings (SSSR count). The fraction of sp³-hybridized carbons (Fsp3) is 0.484. The smallest absolute Gasteiger partial charge is 0.345 e. The lowest BCUT2D eigenvalue weighted by Crippen LogP contribution is -2.48. The second-order valence-corrected chi connectivity index (χ2v) is 11.0. The van der Waals surface area contributed by atoms with E-state index in [2.05, 4.69) is 10.6 Å². The molecule has 3 amide bonds. The van der Waals surface area contributed by atoms with Gasteiger partial charge in [0.25, 0.3) is 0 Å². The third-order valence-corrected chi connectivity index (χ3v) is 7.69. The number of carbonyl (C=O) groups excluding carboxylic acids is 2. The second-order valence-electron chi connectivity index (χ2n) is 11.0. The standard InChI is InChI=1S/C24H26N4O4.C7H17NO5/c1-27-20-13-6-5-12-19(20)22(16-8-3-2-4-9-16)26-28(24(27)32)15-21(29)25-18-11-7-10-17(14-18)23(30)31;1-8-2-4(10)6(12)7(13)5(11)3-9/h5-7,10-14,16H,2-4,8-9,15H2,1H3,(H,25,29)(H,30,31);4-13H,2-3H2,1H3/t;4-,5+,6+,7+/m.0/s1. The fourth-order valence-electron chi connectivity index (χ4n) is 5.23. The SMILES string of the molecule is CN1C(=O)N(CC(=O)Nc2cccc(C(=O)O)c2)N=C(C2CCCCC2)c2ccccc21.CNC[C@H](O)[C@@H](O)[C@H](O)[C@H](O)CO. The van der Waals surface area contributed by atoms with E-state index in [1.807, 2.05) is 24.3 Å². The zero-order valence-electron chi connectivity index (χ0n) is 25.4. The van der Waals surface area contributed by atoms with Crippen molar-refractivity contribution in [2.45, 2.75) is 56.5 Å². The van der Waals surface area contributed by atoms with Crippen molar-refractivity contribution in [2.75, 3.05) is 44.0 Å². The lowest BCUT2D eigenvalue weighted by Gasteiger charge is -2.25. The third-order valence-electron chi connectivity index (χ3n) is 7.69. The molecule has 8 N–H and O–H groups in total. The maximum absolute atomic E-state index is 13.2. The summed E-state index contributed by atoms with van der Waals surface area (Å²) in [6, 6.07) is 13.3. The minimum absolute atomic E-state index is 0.0708. The summed E-state index contributed by atoms with van der Waals surface area (Å²) in [7, 11) is 3.26. The number of hydrazone groups is 1. The first-order valence-electron chi connectivity index (χ1n) is 14.8. The molecule has 2 aromatic carbocycles. The average molecular weight is 630 g/mol. The third kappa shape index (κ3) is 9.53. The number of aromatic carboxylic acids is 1. The van der Waals surface area contributed by atoms with Gasteiger partial charge in [-0.25, -0.2) is 14.6 Å². The minimum Gasteiger partial charge on any atom is -0.478 e.